The molecule has 0 heterocycles. The van der Waals surface area contributed by atoms with Crippen LogP contribution in [-0.2, 0) is 17.9 Å². The zero-order valence-corrected chi connectivity index (χ0v) is 11.6. The van der Waals surface area contributed by atoms with Gasteiger partial charge in [-0.15, -0.1) is 0 Å². The van der Waals surface area contributed by atoms with Crippen LogP contribution in [0.1, 0.15) is 23.6 Å². The number of para-hydroxylation sites is 1. The number of hydrogen-bond acceptors (Lipinski definition) is 3. The fourth-order valence-electron chi connectivity index (χ4n) is 1.93. The highest BCUT2D eigenvalue weighted by atomic mass is 16.5. The molecule has 20 heavy (non-hydrogen) atoms. The number of hydrogen-bond donors (Lipinski definition) is 1. The summed E-state index contributed by atoms with van der Waals surface area (Å²) >= 11 is 0. The smallest absolute Gasteiger partial charge is 0.0991 e. The molecule has 0 fully saturated rings. The Balaban J connectivity index is 2.01. The molecule has 3 nitrogen and oxygen atoms in total. The molecule has 2 aromatic rings. The Hall–Kier alpha value is -2.31. The van der Waals surface area contributed by atoms with Crippen molar-refractivity contribution in [3.05, 3.63) is 65.2 Å². The molecule has 0 aliphatic carbocycles. The molecule has 3 heteroatoms. The molecule has 0 amide bonds. The molecule has 0 atom stereocenters. The van der Waals surface area contributed by atoms with Crippen molar-refractivity contribution in [1.29, 1.82) is 5.26 Å². The summed E-state index contributed by atoms with van der Waals surface area (Å²) in [6.07, 6.45) is 0. The SMILES string of the molecule is CCOCc1ccccc1NCc1ccc(C#N)cc1. The molecule has 0 spiro atoms. The molecule has 0 saturated carbocycles. The second-order valence-electron chi connectivity index (χ2n) is 4.46. The van der Waals surface area contributed by atoms with Crippen molar-refractivity contribution in [2.24, 2.45) is 0 Å². The maximum absolute atomic E-state index is 8.78. The van der Waals surface area contributed by atoms with E-state index in [9.17, 15) is 0 Å². The van der Waals surface area contributed by atoms with Gasteiger partial charge in [0.15, 0.2) is 0 Å². The van der Waals surface area contributed by atoms with Crippen molar-refractivity contribution in [1.82, 2.24) is 0 Å². The highest BCUT2D eigenvalue weighted by Gasteiger charge is 2.01. The summed E-state index contributed by atoms with van der Waals surface area (Å²) in [6, 6.07) is 17.9. The van der Waals surface area contributed by atoms with Gasteiger partial charge in [-0.25, -0.2) is 0 Å². The first kappa shape index (κ1) is 14.1. The molecular weight excluding hydrogens is 248 g/mol. The molecule has 0 aromatic heterocycles. The first-order valence-electron chi connectivity index (χ1n) is 6.72. The van der Waals surface area contributed by atoms with Crippen LogP contribution in [-0.4, -0.2) is 6.61 Å². The highest BCUT2D eigenvalue weighted by Crippen LogP contribution is 2.17. The lowest BCUT2D eigenvalue weighted by molar-refractivity contribution is 0.134. The van der Waals surface area contributed by atoms with E-state index in [1.54, 1.807) is 0 Å². The average Bonchev–Trinajstić information content (AvgIpc) is 2.52. The second-order valence-corrected chi connectivity index (χ2v) is 4.46. The van der Waals surface area contributed by atoms with Crippen molar-refractivity contribution in [3.8, 4) is 6.07 Å². The van der Waals surface area contributed by atoms with Crippen LogP contribution in [0.15, 0.2) is 48.5 Å². The number of anilines is 1. The summed E-state index contributed by atoms with van der Waals surface area (Å²) in [6.45, 7) is 4.05. The van der Waals surface area contributed by atoms with Crippen molar-refractivity contribution in [3.63, 3.8) is 0 Å². The van der Waals surface area contributed by atoms with Crippen LogP contribution in [0, 0.1) is 11.3 Å². The average molecular weight is 266 g/mol. The van der Waals surface area contributed by atoms with E-state index in [2.05, 4.69) is 23.5 Å². The Morgan fingerprint density at radius 2 is 1.85 bits per heavy atom. The zero-order chi connectivity index (χ0) is 14.2. The van der Waals surface area contributed by atoms with Crippen molar-refractivity contribution in [2.45, 2.75) is 20.1 Å². The Morgan fingerprint density at radius 1 is 1.10 bits per heavy atom. The first-order valence-corrected chi connectivity index (χ1v) is 6.72. The summed E-state index contributed by atoms with van der Waals surface area (Å²) in [5, 5.41) is 12.2. The summed E-state index contributed by atoms with van der Waals surface area (Å²) < 4.78 is 5.47. The van der Waals surface area contributed by atoms with Gasteiger partial charge in [-0.3, -0.25) is 0 Å². The van der Waals surface area contributed by atoms with Gasteiger partial charge in [0.25, 0.3) is 0 Å². The van der Waals surface area contributed by atoms with Gasteiger partial charge in [-0.2, -0.15) is 5.26 Å². The highest BCUT2D eigenvalue weighted by molar-refractivity contribution is 5.51. The normalized spacial score (nSPS) is 10.0. The van der Waals surface area contributed by atoms with Crippen molar-refractivity contribution < 1.29 is 4.74 Å². The van der Waals surface area contributed by atoms with Crippen LogP contribution < -0.4 is 5.32 Å². The summed E-state index contributed by atoms with van der Waals surface area (Å²) in [4.78, 5) is 0. The Kier molecular flexibility index (Phi) is 5.16. The quantitative estimate of drug-likeness (QED) is 0.867. The first-order chi connectivity index (χ1) is 9.83. The molecule has 0 bridgehead atoms. The van der Waals surface area contributed by atoms with Crippen LogP contribution in [0.5, 0.6) is 0 Å². The number of nitrogens with zero attached hydrogens (tertiary/aromatic N) is 1. The Morgan fingerprint density at radius 3 is 2.55 bits per heavy atom. The molecule has 2 rings (SSSR count). The molecule has 1 N–H and O–H groups in total. The van der Waals surface area contributed by atoms with E-state index in [1.807, 2.05) is 43.3 Å². The predicted octanol–water partition coefficient (Wildman–Crippen LogP) is 3.71. The van der Waals surface area contributed by atoms with Crippen LogP contribution >= 0.6 is 0 Å². The van der Waals surface area contributed by atoms with Gasteiger partial charge < -0.3 is 10.1 Å². The topological polar surface area (TPSA) is 45.0 Å². The van der Waals surface area contributed by atoms with Gasteiger partial charge in [0.1, 0.15) is 0 Å². The van der Waals surface area contributed by atoms with E-state index < -0.39 is 0 Å². The molecule has 2 aromatic carbocycles. The van der Waals surface area contributed by atoms with Gasteiger partial charge in [-0.05, 0) is 30.7 Å². The number of ether oxygens (including phenoxy) is 1. The summed E-state index contributed by atoms with van der Waals surface area (Å²) in [5.74, 6) is 0. The molecule has 0 unspecified atom stereocenters. The van der Waals surface area contributed by atoms with E-state index >= 15 is 0 Å². The minimum Gasteiger partial charge on any atom is -0.381 e. The summed E-state index contributed by atoms with van der Waals surface area (Å²) in [5.41, 5.74) is 4.08. The Labute approximate surface area is 119 Å². The lowest BCUT2D eigenvalue weighted by atomic mass is 10.1. The number of nitrogens with one attached hydrogen (secondary N) is 1. The minimum atomic E-state index is 0.618. The predicted molar refractivity (Wildman–Crippen MR) is 80.3 cm³/mol. The third-order valence-corrected chi connectivity index (χ3v) is 3.05. The van der Waals surface area contributed by atoms with Crippen LogP contribution in [0.4, 0.5) is 5.69 Å². The van der Waals surface area contributed by atoms with Crippen molar-refractivity contribution in [2.75, 3.05) is 11.9 Å². The molecule has 102 valence electrons. The van der Waals surface area contributed by atoms with E-state index in [1.165, 1.54) is 0 Å². The fourth-order valence-corrected chi connectivity index (χ4v) is 1.93. The van der Waals surface area contributed by atoms with Gasteiger partial charge >= 0.3 is 0 Å². The van der Waals surface area contributed by atoms with E-state index in [4.69, 9.17) is 10.00 Å². The lowest BCUT2D eigenvalue weighted by Gasteiger charge is -2.12. The minimum absolute atomic E-state index is 0.618. The van der Waals surface area contributed by atoms with E-state index in [0.29, 0.717) is 18.8 Å². The van der Waals surface area contributed by atoms with E-state index in [-0.39, 0.29) is 0 Å². The maximum Gasteiger partial charge on any atom is 0.0991 e. The fraction of sp³-hybridized carbons (Fsp3) is 0.235. The molecule has 0 aliphatic rings. The number of nitriles is 1. The second kappa shape index (κ2) is 7.32. The Bertz CT molecular complexity index is 585. The summed E-state index contributed by atoms with van der Waals surface area (Å²) in [7, 11) is 0. The molecule has 0 aliphatic heterocycles. The van der Waals surface area contributed by atoms with Gasteiger partial charge in [-0.1, -0.05) is 30.3 Å². The van der Waals surface area contributed by atoms with Gasteiger partial charge in [0.05, 0.1) is 18.2 Å². The zero-order valence-electron chi connectivity index (χ0n) is 11.6. The molecule has 0 radical (unpaired) electrons. The van der Waals surface area contributed by atoms with Gasteiger partial charge in [0.2, 0.25) is 0 Å². The van der Waals surface area contributed by atoms with Crippen LogP contribution in [0.2, 0.25) is 0 Å². The maximum atomic E-state index is 8.78. The lowest BCUT2D eigenvalue weighted by Crippen LogP contribution is -2.03. The van der Waals surface area contributed by atoms with Crippen molar-refractivity contribution >= 4 is 5.69 Å². The standard InChI is InChI=1S/C17H18N2O/c1-2-20-13-16-5-3-4-6-17(16)19-12-15-9-7-14(11-18)8-10-15/h3-10,19H,2,12-13H2,1H3. The van der Waals surface area contributed by atoms with Gasteiger partial charge in [0, 0.05) is 24.4 Å². The third-order valence-electron chi connectivity index (χ3n) is 3.05. The molecule has 0 saturated heterocycles. The number of rotatable bonds is 6. The van der Waals surface area contributed by atoms with Crippen LogP contribution in [0.25, 0.3) is 0 Å². The monoisotopic (exact) mass is 266 g/mol. The largest absolute Gasteiger partial charge is 0.381 e. The van der Waals surface area contributed by atoms with Crippen LogP contribution in [0.3, 0.4) is 0 Å². The van der Waals surface area contributed by atoms with E-state index in [0.717, 1.165) is 23.4 Å². The molecular formula is C17H18N2O. The number of benzene rings is 2. The third kappa shape index (κ3) is 3.84.